The first-order valence-electron chi connectivity index (χ1n) is 25.6. The molecule has 4 aliphatic heterocycles. The molecule has 4 aromatic heterocycles. The summed E-state index contributed by atoms with van der Waals surface area (Å²) < 4.78 is 41.8. The Labute approximate surface area is 426 Å². The van der Waals surface area contributed by atoms with Crippen molar-refractivity contribution >= 4 is 46.2 Å². The zero-order chi connectivity index (χ0) is 50.8. The Morgan fingerprint density at radius 2 is 1.41 bits per heavy atom. The zero-order valence-corrected chi connectivity index (χ0v) is 42.7. The Morgan fingerprint density at radius 1 is 0.781 bits per heavy atom. The molecule has 384 valence electrons. The third-order valence-electron chi connectivity index (χ3n) is 15.3. The molecule has 2 aromatic carbocycles. The van der Waals surface area contributed by atoms with Crippen LogP contribution in [0.2, 0.25) is 0 Å². The highest BCUT2D eigenvalue weighted by Gasteiger charge is 2.43. The van der Waals surface area contributed by atoms with Crippen molar-refractivity contribution in [3.63, 3.8) is 0 Å². The number of rotatable bonds is 12. The molecule has 4 fully saturated rings. The number of halogens is 1. The fourth-order valence-corrected chi connectivity index (χ4v) is 12.9. The lowest BCUT2D eigenvalue weighted by atomic mass is 9.85. The van der Waals surface area contributed by atoms with E-state index in [0.29, 0.717) is 84.6 Å². The molecule has 7 atom stereocenters. The number of methoxy groups -OCH3 is 2. The Bertz CT molecular complexity index is 3080. The number of carbonyl (C=O) groups excluding carboxylic acids is 4. The van der Waals surface area contributed by atoms with Gasteiger partial charge in [0.2, 0.25) is 18.0 Å². The summed E-state index contributed by atoms with van der Waals surface area (Å²) in [4.78, 5) is 75.5. The van der Waals surface area contributed by atoms with Gasteiger partial charge in [-0.1, -0.05) is 19.9 Å². The van der Waals surface area contributed by atoms with E-state index in [2.05, 4.69) is 43.4 Å². The van der Waals surface area contributed by atoms with Crippen molar-refractivity contribution in [2.45, 2.75) is 128 Å². The number of thiophene rings is 1. The van der Waals surface area contributed by atoms with Crippen molar-refractivity contribution in [2.75, 3.05) is 27.3 Å². The normalized spacial score (nSPS) is 23.5. The van der Waals surface area contributed by atoms with E-state index in [-0.39, 0.29) is 47.9 Å². The summed E-state index contributed by atoms with van der Waals surface area (Å²) in [6.07, 6.45) is 8.02. The van der Waals surface area contributed by atoms with Crippen LogP contribution in [0.3, 0.4) is 0 Å². The van der Waals surface area contributed by atoms with E-state index in [1.54, 1.807) is 28.6 Å². The van der Waals surface area contributed by atoms with E-state index in [1.165, 1.54) is 25.2 Å². The van der Waals surface area contributed by atoms with E-state index in [9.17, 15) is 19.2 Å². The van der Waals surface area contributed by atoms with Gasteiger partial charge in [-0.15, -0.1) is 11.3 Å². The molecular formula is C54H62FN9O8S. The predicted octanol–water partition coefficient (Wildman–Crippen LogP) is 9.74. The van der Waals surface area contributed by atoms with Crippen LogP contribution in [0.1, 0.15) is 125 Å². The number of fused-ring (bicyclic) bond motifs is 5. The topological polar surface area (TPSA) is 198 Å². The lowest BCUT2D eigenvalue weighted by Crippen LogP contribution is -2.54. The highest BCUT2D eigenvalue weighted by atomic mass is 32.1. The first-order chi connectivity index (χ1) is 35.3. The monoisotopic (exact) mass is 1020 g/mol. The number of nitrogens with one attached hydrogen (secondary N) is 4. The van der Waals surface area contributed by atoms with E-state index >= 15 is 4.39 Å². The lowest BCUT2D eigenvalue weighted by molar-refractivity contribution is -0.138. The lowest BCUT2D eigenvalue weighted by Gasteiger charge is -2.38. The molecule has 1 aliphatic carbocycles. The summed E-state index contributed by atoms with van der Waals surface area (Å²) in [5.74, 6) is 1.08. The van der Waals surface area contributed by atoms with E-state index in [4.69, 9.17) is 28.9 Å². The molecule has 0 bridgehead atoms. The average molecular weight is 1020 g/mol. The van der Waals surface area contributed by atoms with Crippen LogP contribution >= 0.6 is 11.3 Å². The second-order valence-electron chi connectivity index (χ2n) is 20.7. The number of aromatic nitrogens is 5. The van der Waals surface area contributed by atoms with Gasteiger partial charge in [-0.2, -0.15) is 0 Å². The minimum Gasteiger partial charge on any atom is -0.464 e. The number of alkyl carbamates (subject to hydrolysis) is 2. The van der Waals surface area contributed by atoms with Gasteiger partial charge in [-0.05, 0) is 125 Å². The number of nitrogens with zero attached hydrogens (tertiary/aromatic N) is 5. The standard InChI is InChI=1S/C54H62FN9O8S/c1-27(2)46(60-53(67)69-5)50(65)62-17-7-9-39(62)49-57-26-37(59-49)32-22-35(55)45-41-23-33-21-31(13-14-38(33)64(41)52(72-42(45)24-32)44-16-15-43(73-44)30-11-12-30)36-25-56-48(58-36)40-10-8-18-63(40)51(66)47(61-54(68)70-6)34-19-28(3)71-29(4)20-34/h13-16,21-30,34,39-40,46-47,52H,7-12,17-20H2,1-6H3,(H,56,58)(H,57,59)(H,60,67)(H,61,68)/t28-,29-,39+,40+,46+,47?,52?/m1/s1. The Kier molecular flexibility index (Phi) is 13.0. The van der Waals surface area contributed by atoms with Gasteiger partial charge >= 0.3 is 12.2 Å². The fourth-order valence-electron chi connectivity index (χ4n) is 11.7. The number of carbonyl (C=O) groups is 4. The van der Waals surface area contributed by atoms with Crippen LogP contribution in [0, 0.1) is 17.7 Å². The van der Waals surface area contributed by atoms with Gasteiger partial charge in [0.25, 0.3) is 0 Å². The van der Waals surface area contributed by atoms with Gasteiger partial charge in [0.15, 0.2) is 0 Å². The second-order valence-corrected chi connectivity index (χ2v) is 21.8. The van der Waals surface area contributed by atoms with Crippen LogP contribution in [-0.4, -0.2) is 110 Å². The van der Waals surface area contributed by atoms with Crippen molar-refractivity contribution in [1.82, 2.24) is 44.9 Å². The summed E-state index contributed by atoms with van der Waals surface area (Å²) in [6, 6.07) is 13.6. The van der Waals surface area contributed by atoms with E-state index < -0.39 is 36.3 Å². The van der Waals surface area contributed by atoms with Gasteiger partial charge in [-0.3, -0.25) is 14.2 Å². The van der Waals surface area contributed by atoms with Crippen molar-refractivity contribution in [3.05, 3.63) is 88.1 Å². The van der Waals surface area contributed by atoms with Crippen LogP contribution in [0.4, 0.5) is 14.0 Å². The molecular weight excluding hydrogens is 954 g/mol. The molecule has 6 aromatic rings. The Morgan fingerprint density at radius 3 is 2.05 bits per heavy atom. The molecule has 1 saturated carbocycles. The van der Waals surface area contributed by atoms with Crippen molar-refractivity contribution in [1.29, 1.82) is 0 Å². The maximum atomic E-state index is 17.0. The molecule has 2 unspecified atom stereocenters. The zero-order valence-electron chi connectivity index (χ0n) is 41.9. The minimum atomic E-state index is -0.771. The number of H-pyrrole nitrogens is 2. The van der Waals surface area contributed by atoms with Gasteiger partial charge in [0.1, 0.15) is 35.3 Å². The summed E-state index contributed by atoms with van der Waals surface area (Å²) in [5, 5.41) is 6.45. The number of benzene rings is 2. The van der Waals surface area contributed by atoms with E-state index in [0.717, 1.165) is 52.7 Å². The smallest absolute Gasteiger partial charge is 0.407 e. The molecule has 19 heteroatoms. The van der Waals surface area contributed by atoms with Crippen LogP contribution in [0.15, 0.2) is 60.9 Å². The van der Waals surface area contributed by atoms with Gasteiger partial charge in [-0.25, -0.2) is 23.9 Å². The Balaban J connectivity index is 0.893. The number of hydrogen-bond donors (Lipinski definition) is 4. The van der Waals surface area contributed by atoms with Crippen LogP contribution in [0.25, 0.3) is 44.7 Å². The average Bonchev–Trinajstić information content (AvgIpc) is 4.10. The quantitative estimate of drug-likeness (QED) is 0.0916. The molecule has 11 rings (SSSR count). The van der Waals surface area contributed by atoms with Gasteiger partial charge in [0.05, 0.1) is 83.9 Å². The van der Waals surface area contributed by atoms with Crippen molar-refractivity contribution in [2.24, 2.45) is 11.8 Å². The van der Waals surface area contributed by atoms with Crippen molar-refractivity contribution < 1.29 is 42.5 Å². The second kappa shape index (κ2) is 19.6. The van der Waals surface area contributed by atoms with Crippen molar-refractivity contribution in [3.8, 4) is 39.5 Å². The number of aromatic amines is 2. The molecule has 0 spiro atoms. The first-order valence-corrected chi connectivity index (χ1v) is 26.4. The first kappa shape index (κ1) is 48.5. The Hall–Kier alpha value is -6.73. The van der Waals surface area contributed by atoms with Gasteiger partial charge < -0.3 is 49.3 Å². The summed E-state index contributed by atoms with van der Waals surface area (Å²) in [5.41, 5.74) is 4.69. The minimum absolute atomic E-state index is 0.0493. The molecule has 4 N–H and O–H groups in total. The predicted molar refractivity (Wildman–Crippen MR) is 271 cm³/mol. The number of hydrogen-bond acceptors (Lipinski definition) is 11. The maximum Gasteiger partial charge on any atom is 0.407 e. The van der Waals surface area contributed by atoms with Crippen LogP contribution in [0.5, 0.6) is 5.75 Å². The highest BCUT2D eigenvalue weighted by molar-refractivity contribution is 7.12. The van der Waals surface area contributed by atoms with E-state index in [1.807, 2.05) is 56.9 Å². The summed E-state index contributed by atoms with van der Waals surface area (Å²) in [6.45, 7) is 8.78. The van der Waals surface area contributed by atoms with Crippen LogP contribution < -0.4 is 15.4 Å². The molecule has 4 amide bonds. The SMILES string of the molecule is COC(=O)NC(C(=O)N1CCC[C@H]1c1ncc(-c2ccc3c(c2)cc2n3C(c3ccc(C4CC4)s3)Oc3cc(-c4cnc([C@@H]5CCCN5C(=O)[C@@H](NC(=O)OC)C(C)C)[nH]4)cc(F)c3-2)[nH]1)C1C[C@@H](C)O[C@H](C)C1. The number of amides is 4. The summed E-state index contributed by atoms with van der Waals surface area (Å²) >= 11 is 1.73. The van der Waals surface area contributed by atoms with Crippen LogP contribution in [-0.2, 0) is 23.8 Å². The number of likely N-dealkylation sites (tertiary alicyclic amines) is 2. The molecule has 0 radical (unpaired) electrons. The highest BCUT2D eigenvalue weighted by Crippen LogP contribution is 2.50. The summed E-state index contributed by atoms with van der Waals surface area (Å²) in [7, 11) is 2.57. The molecule has 5 aliphatic rings. The van der Waals surface area contributed by atoms with Gasteiger partial charge in [0, 0.05) is 34.5 Å². The largest absolute Gasteiger partial charge is 0.464 e. The molecule has 17 nitrogen and oxygen atoms in total. The third-order valence-corrected chi connectivity index (χ3v) is 16.6. The molecule has 73 heavy (non-hydrogen) atoms. The fraction of sp³-hybridized carbons (Fsp3) is 0.481. The maximum absolute atomic E-state index is 17.0. The third kappa shape index (κ3) is 9.23. The molecule has 8 heterocycles. The number of imidazole rings is 2. The number of ether oxygens (including phenoxy) is 4. The molecule has 3 saturated heterocycles.